The fourth-order valence-corrected chi connectivity index (χ4v) is 3.40. The SMILES string of the molecule is CC[C@H]1CN(C)c2ccccc2CN1C(=O)Cc1ccc(N)cc1. The molecule has 2 aromatic carbocycles. The molecule has 2 N–H and O–H groups in total. The van der Waals surface area contributed by atoms with Gasteiger partial charge >= 0.3 is 0 Å². The largest absolute Gasteiger partial charge is 0.399 e. The Hall–Kier alpha value is -2.49. The molecule has 1 aliphatic rings. The smallest absolute Gasteiger partial charge is 0.227 e. The summed E-state index contributed by atoms with van der Waals surface area (Å²) in [5, 5.41) is 0. The summed E-state index contributed by atoms with van der Waals surface area (Å²) in [4.78, 5) is 17.3. The zero-order chi connectivity index (χ0) is 17.1. The number of hydrogen-bond donors (Lipinski definition) is 1. The fraction of sp³-hybridized carbons (Fsp3) is 0.350. The molecule has 2 aromatic rings. The third-order valence-corrected chi connectivity index (χ3v) is 4.80. The number of nitrogens with two attached hydrogens (primary N) is 1. The molecular weight excluding hydrogens is 298 g/mol. The number of benzene rings is 2. The maximum Gasteiger partial charge on any atom is 0.227 e. The van der Waals surface area contributed by atoms with E-state index in [-0.39, 0.29) is 11.9 Å². The molecule has 4 nitrogen and oxygen atoms in total. The predicted octanol–water partition coefficient (Wildman–Crippen LogP) is 3.07. The van der Waals surface area contributed by atoms with Crippen LogP contribution in [0.25, 0.3) is 0 Å². The van der Waals surface area contributed by atoms with Gasteiger partial charge < -0.3 is 15.5 Å². The summed E-state index contributed by atoms with van der Waals surface area (Å²) < 4.78 is 0. The van der Waals surface area contributed by atoms with Crippen LogP contribution in [0.5, 0.6) is 0 Å². The highest BCUT2D eigenvalue weighted by Crippen LogP contribution is 2.27. The van der Waals surface area contributed by atoms with Gasteiger partial charge in [-0.1, -0.05) is 37.3 Å². The van der Waals surface area contributed by atoms with Gasteiger partial charge in [0.15, 0.2) is 0 Å². The Morgan fingerprint density at radius 3 is 2.58 bits per heavy atom. The highest BCUT2D eigenvalue weighted by molar-refractivity contribution is 5.80. The molecule has 0 spiro atoms. The van der Waals surface area contributed by atoms with Crippen LogP contribution in [0.1, 0.15) is 24.5 Å². The number of carbonyl (C=O) groups is 1. The lowest BCUT2D eigenvalue weighted by atomic mass is 10.1. The Labute approximate surface area is 143 Å². The lowest BCUT2D eigenvalue weighted by Gasteiger charge is -2.31. The summed E-state index contributed by atoms with van der Waals surface area (Å²) in [5.41, 5.74) is 9.90. The van der Waals surface area contributed by atoms with E-state index in [1.807, 2.05) is 35.2 Å². The molecule has 4 heteroatoms. The predicted molar refractivity (Wildman–Crippen MR) is 98.9 cm³/mol. The second-order valence-corrected chi connectivity index (χ2v) is 6.51. The average molecular weight is 323 g/mol. The van der Waals surface area contributed by atoms with E-state index in [1.54, 1.807) is 0 Å². The van der Waals surface area contributed by atoms with Gasteiger partial charge in [0.05, 0.1) is 6.42 Å². The Morgan fingerprint density at radius 2 is 1.88 bits per heavy atom. The van der Waals surface area contributed by atoms with Crippen LogP contribution in [0.3, 0.4) is 0 Å². The molecule has 1 heterocycles. The van der Waals surface area contributed by atoms with Gasteiger partial charge in [-0.3, -0.25) is 4.79 Å². The maximum atomic E-state index is 13.0. The van der Waals surface area contributed by atoms with Crippen molar-refractivity contribution in [1.29, 1.82) is 0 Å². The van der Waals surface area contributed by atoms with E-state index in [1.165, 1.54) is 11.3 Å². The van der Waals surface area contributed by atoms with E-state index in [2.05, 4.69) is 37.1 Å². The molecule has 0 bridgehead atoms. The molecule has 0 fully saturated rings. The van der Waals surface area contributed by atoms with Crippen molar-refractivity contribution in [3.05, 3.63) is 59.7 Å². The summed E-state index contributed by atoms with van der Waals surface area (Å²) in [5.74, 6) is 0.178. The highest BCUT2D eigenvalue weighted by Gasteiger charge is 2.28. The van der Waals surface area contributed by atoms with E-state index in [0.29, 0.717) is 13.0 Å². The molecule has 24 heavy (non-hydrogen) atoms. The summed E-state index contributed by atoms with van der Waals surface area (Å²) in [6.45, 7) is 3.69. The number of likely N-dealkylation sites (N-methyl/N-ethyl adjacent to an activating group) is 1. The number of nitrogens with zero attached hydrogens (tertiary/aromatic N) is 2. The Morgan fingerprint density at radius 1 is 1.17 bits per heavy atom. The van der Waals surface area contributed by atoms with Crippen molar-refractivity contribution >= 4 is 17.3 Å². The van der Waals surface area contributed by atoms with Crippen molar-refractivity contribution in [1.82, 2.24) is 4.90 Å². The minimum Gasteiger partial charge on any atom is -0.399 e. The molecule has 0 saturated carbocycles. The number of hydrogen-bond acceptors (Lipinski definition) is 3. The number of carbonyl (C=O) groups excluding carboxylic acids is 1. The zero-order valence-corrected chi connectivity index (χ0v) is 14.4. The zero-order valence-electron chi connectivity index (χ0n) is 14.4. The normalized spacial score (nSPS) is 17.3. The van der Waals surface area contributed by atoms with E-state index >= 15 is 0 Å². The van der Waals surface area contributed by atoms with E-state index in [4.69, 9.17) is 5.73 Å². The van der Waals surface area contributed by atoms with Crippen molar-refractivity contribution < 1.29 is 4.79 Å². The van der Waals surface area contributed by atoms with Crippen LogP contribution in [-0.4, -0.2) is 30.4 Å². The highest BCUT2D eigenvalue weighted by atomic mass is 16.2. The Bertz CT molecular complexity index is 711. The standard InChI is InChI=1S/C20H25N3O/c1-3-18-14-22(2)19-7-5-4-6-16(19)13-23(18)20(24)12-15-8-10-17(21)11-9-15/h4-11,18H,3,12-14,21H2,1-2H3/t18-/m0/s1. The van der Waals surface area contributed by atoms with Crippen LogP contribution >= 0.6 is 0 Å². The minimum absolute atomic E-state index is 0.178. The molecule has 1 amide bonds. The summed E-state index contributed by atoms with van der Waals surface area (Å²) in [7, 11) is 2.11. The fourth-order valence-electron chi connectivity index (χ4n) is 3.40. The van der Waals surface area contributed by atoms with Crippen LogP contribution in [0.2, 0.25) is 0 Å². The second kappa shape index (κ2) is 6.95. The van der Waals surface area contributed by atoms with Crippen LogP contribution in [0, 0.1) is 0 Å². The van der Waals surface area contributed by atoms with Crippen LogP contribution in [0.15, 0.2) is 48.5 Å². The third kappa shape index (κ3) is 3.37. The third-order valence-electron chi connectivity index (χ3n) is 4.80. The number of nitrogen functional groups attached to an aromatic ring is 1. The quantitative estimate of drug-likeness (QED) is 0.883. The number of para-hydroxylation sites is 1. The average Bonchev–Trinajstić information content (AvgIpc) is 2.74. The molecule has 0 unspecified atom stereocenters. The molecule has 1 atom stereocenters. The Balaban J connectivity index is 1.84. The molecule has 1 aliphatic heterocycles. The number of rotatable bonds is 3. The van der Waals surface area contributed by atoms with Crippen LogP contribution in [0.4, 0.5) is 11.4 Å². The van der Waals surface area contributed by atoms with Crippen molar-refractivity contribution in [2.45, 2.75) is 32.4 Å². The second-order valence-electron chi connectivity index (χ2n) is 6.51. The van der Waals surface area contributed by atoms with Crippen molar-refractivity contribution in [2.24, 2.45) is 0 Å². The van der Waals surface area contributed by atoms with E-state index < -0.39 is 0 Å². The lowest BCUT2D eigenvalue weighted by Crippen LogP contribution is -2.44. The van der Waals surface area contributed by atoms with Gasteiger partial charge in [0, 0.05) is 37.6 Å². The van der Waals surface area contributed by atoms with Crippen molar-refractivity contribution in [3.8, 4) is 0 Å². The first-order chi connectivity index (χ1) is 11.6. The molecule has 0 saturated heterocycles. The van der Waals surface area contributed by atoms with Gasteiger partial charge in [-0.25, -0.2) is 0 Å². The summed E-state index contributed by atoms with van der Waals surface area (Å²) >= 11 is 0. The molecule has 0 aromatic heterocycles. The van der Waals surface area contributed by atoms with Gasteiger partial charge in [0.25, 0.3) is 0 Å². The number of amides is 1. The van der Waals surface area contributed by atoms with Gasteiger partial charge in [-0.05, 0) is 35.7 Å². The molecule has 3 rings (SSSR count). The van der Waals surface area contributed by atoms with E-state index in [0.717, 1.165) is 24.2 Å². The topological polar surface area (TPSA) is 49.6 Å². The van der Waals surface area contributed by atoms with Crippen LogP contribution in [-0.2, 0) is 17.8 Å². The first kappa shape index (κ1) is 16.4. The lowest BCUT2D eigenvalue weighted by molar-refractivity contribution is -0.133. The van der Waals surface area contributed by atoms with Gasteiger partial charge in [-0.2, -0.15) is 0 Å². The van der Waals surface area contributed by atoms with Gasteiger partial charge in [0.1, 0.15) is 0 Å². The monoisotopic (exact) mass is 323 g/mol. The Kier molecular flexibility index (Phi) is 4.74. The summed E-state index contributed by atoms with van der Waals surface area (Å²) in [6, 6.07) is 16.2. The van der Waals surface area contributed by atoms with Crippen molar-refractivity contribution in [3.63, 3.8) is 0 Å². The molecule has 126 valence electrons. The first-order valence-corrected chi connectivity index (χ1v) is 8.51. The molecular formula is C20H25N3O. The molecule has 0 radical (unpaired) electrons. The molecule has 0 aliphatic carbocycles. The van der Waals surface area contributed by atoms with E-state index in [9.17, 15) is 4.79 Å². The first-order valence-electron chi connectivity index (χ1n) is 8.51. The van der Waals surface area contributed by atoms with Crippen molar-refractivity contribution in [2.75, 3.05) is 24.2 Å². The van der Waals surface area contributed by atoms with Crippen LogP contribution < -0.4 is 10.6 Å². The number of anilines is 2. The van der Waals surface area contributed by atoms with Gasteiger partial charge in [-0.15, -0.1) is 0 Å². The minimum atomic E-state index is 0.178. The maximum absolute atomic E-state index is 13.0. The van der Waals surface area contributed by atoms with Gasteiger partial charge in [0.2, 0.25) is 5.91 Å². The summed E-state index contributed by atoms with van der Waals surface area (Å²) in [6.07, 6.45) is 1.37. The number of fused-ring (bicyclic) bond motifs is 1.